The number of rotatable bonds is 7. The molecule has 1 aromatic carbocycles. The normalized spacial score (nSPS) is 10.4. The number of pyridine rings is 2. The Hall–Kier alpha value is -3.54. The molecule has 0 unspecified atom stereocenters. The van der Waals surface area contributed by atoms with Crippen molar-refractivity contribution in [2.24, 2.45) is 0 Å². The molecule has 29 heavy (non-hydrogen) atoms. The van der Waals surface area contributed by atoms with Crippen molar-refractivity contribution in [1.29, 1.82) is 0 Å². The second kappa shape index (κ2) is 9.59. The summed E-state index contributed by atoms with van der Waals surface area (Å²) in [5, 5.41) is 2.87. The van der Waals surface area contributed by atoms with Crippen molar-refractivity contribution >= 4 is 11.8 Å². The maximum atomic E-state index is 12.7. The first-order valence-electron chi connectivity index (χ1n) is 9.48. The molecule has 2 aromatic heterocycles. The standard InChI is InChI=1S/C23H24N4O2/c1-17-6-3-4-7-19(17)16-25-22(28)20-8-5-9-21(26-20)23(29)27(2)15-12-18-10-13-24-14-11-18/h3-11,13-14H,12,15-16H2,1-2H3,(H,25,28). The Kier molecular flexibility index (Phi) is 6.68. The van der Waals surface area contributed by atoms with Crippen molar-refractivity contribution in [3.05, 3.63) is 95.1 Å². The van der Waals surface area contributed by atoms with E-state index in [1.54, 1.807) is 42.5 Å². The number of carbonyl (C=O) groups is 2. The molecular formula is C23H24N4O2. The Bertz CT molecular complexity index is 989. The van der Waals surface area contributed by atoms with Crippen LogP contribution >= 0.6 is 0 Å². The number of carbonyl (C=O) groups excluding carboxylic acids is 2. The molecule has 0 saturated heterocycles. The van der Waals surface area contributed by atoms with E-state index in [2.05, 4.69) is 15.3 Å². The van der Waals surface area contributed by atoms with Crippen LogP contribution in [0.4, 0.5) is 0 Å². The fourth-order valence-corrected chi connectivity index (χ4v) is 2.90. The molecule has 0 bridgehead atoms. The van der Waals surface area contributed by atoms with E-state index in [-0.39, 0.29) is 23.2 Å². The van der Waals surface area contributed by atoms with Crippen LogP contribution in [0.2, 0.25) is 0 Å². The van der Waals surface area contributed by atoms with Gasteiger partial charge in [-0.25, -0.2) is 4.98 Å². The van der Waals surface area contributed by atoms with Crippen LogP contribution in [0.1, 0.15) is 37.7 Å². The van der Waals surface area contributed by atoms with E-state index in [1.807, 2.05) is 43.3 Å². The summed E-state index contributed by atoms with van der Waals surface area (Å²) in [5.41, 5.74) is 3.75. The topological polar surface area (TPSA) is 75.2 Å². The predicted octanol–water partition coefficient (Wildman–Crippen LogP) is 3.03. The third-order valence-electron chi connectivity index (χ3n) is 4.73. The summed E-state index contributed by atoms with van der Waals surface area (Å²) in [6.45, 7) is 2.96. The van der Waals surface area contributed by atoms with Crippen LogP contribution in [-0.4, -0.2) is 40.3 Å². The van der Waals surface area contributed by atoms with Gasteiger partial charge in [-0.2, -0.15) is 0 Å². The number of aromatic nitrogens is 2. The Morgan fingerprint density at radius 3 is 2.45 bits per heavy atom. The third kappa shape index (κ3) is 5.48. The molecule has 1 N–H and O–H groups in total. The molecule has 0 aliphatic heterocycles. The second-order valence-corrected chi connectivity index (χ2v) is 6.85. The molecule has 0 saturated carbocycles. The monoisotopic (exact) mass is 388 g/mol. The van der Waals surface area contributed by atoms with Crippen molar-refractivity contribution in [1.82, 2.24) is 20.2 Å². The third-order valence-corrected chi connectivity index (χ3v) is 4.73. The molecule has 0 fully saturated rings. The van der Waals surface area contributed by atoms with Crippen LogP contribution in [0.5, 0.6) is 0 Å². The van der Waals surface area contributed by atoms with Crippen molar-refractivity contribution in [2.45, 2.75) is 19.9 Å². The molecule has 0 atom stereocenters. The minimum absolute atomic E-state index is 0.215. The van der Waals surface area contributed by atoms with Gasteiger partial charge in [0, 0.05) is 32.5 Å². The molecule has 0 spiro atoms. The van der Waals surface area contributed by atoms with Crippen LogP contribution in [-0.2, 0) is 13.0 Å². The van der Waals surface area contributed by atoms with Gasteiger partial charge in [-0.15, -0.1) is 0 Å². The summed E-state index contributed by atoms with van der Waals surface area (Å²) < 4.78 is 0. The molecule has 0 aliphatic carbocycles. The first-order chi connectivity index (χ1) is 14.0. The number of amides is 2. The summed E-state index contributed by atoms with van der Waals surface area (Å²) in [7, 11) is 1.73. The number of aryl methyl sites for hydroxylation is 1. The SMILES string of the molecule is Cc1ccccc1CNC(=O)c1cccc(C(=O)N(C)CCc2ccncc2)n1. The summed E-state index contributed by atoms with van der Waals surface area (Å²) in [5.74, 6) is -0.519. The van der Waals surface area contributed by atoms with Gasteiger partial charge in [0.05, 0.1) is 0 Å². The lowest BCUT2D eigenvalue weighted by Crippen LogP contribution is -2.30. The fourth-order valence-electron chi connectivity index (χ4n) is 2.90. The van der Waals surface area contributed by atoms with Crippen molar-refractivity contribution < 1.29 is 9.59 Å². The van der Waals surface area contributed by atoms with Gasteiger partial charge in [0.1, 0.15) is 11.4 Å². The zero-order valence-electron chi connectivity index (χ0n) is 16.6. The van der Waals surface area contributed by atoms with E-state index in [1.165, 1.54) is 0 Å². The number of likely N-dealkylation sites (N-methyl/N-ethyl adjacent to an activating group) is 1. The van der Waals surface area contributed by atoms with Crippen LogP contribution in [0, 0.1) is 6.92 Å². The largest absolute Gasteiger partial charge is 0.347 e. The van der Waals surface area contributed by atoms with Crippen LogP contribution in [0.25, 0.3) is 0 Å². The van der Waals surface area contributed by atoms with Crippen molar-refractivity contribution in [2.75, 3.05) is 13.6 Å². The molecule has 6 nitrogen and oxygen atoms in total. The lowest BCUT2D eigenvalue weighted by molar-refractivity contribution is 0.0790. The minimum atomic E-state index is -0.303. The Labute approximate surface area is 170 Å². The quantitative estimate of drug-likeness (QED) is 0.675. The second-order valence-electron chi connectivity index (χ2n) is 6.85. The predicted molar refractivity (Wildman–Crippen MR) is 111 cm³/mol. The maximum absolute atomic E-state index is 12.7. The van der Waals surface area contributed by atoms with E-state index >= 15 is 0 Å². The molecule has 2 heterocycles. The maximum Gasteiger partial charge on any atom is 0.272 e. The molecule has 3 rings (SSSR count). The number of nitrogens with zero attached hydrogens (tertiary/aromatic N) is 3. The van der Waals surface area contributed by atoms with E-state index in [4.69, 9.17) is 0 Å². The molecule has 0 aliphatic rings. The van der Waals surface area contributed by atoms with Crippen LogP contribution in [0.15, 0.2) is 67.0 Å². The van der Waals surface area contributed by atoms with E-state index in [9.17, 15) is 9.59 Å². The first kappa shape index (κ1) is 20.2. The number of hydrogen-bond acceptors (Lipinski definition) is 4. The lowest BCUT2D eigenvalue weighted by atomic mass is 10.1. The van der Waals surface area contributed by atoms with Gasteiger partial charge in [0.25, 0.3) is 11.8 Å². The summed E-state index contributed by atoms with van der Waals surface area (Å²) >= 11 is 0. The highest BCUT2D eigenvalue weighted by atomic mass is 16.2. The minimum Gasteiger partial charge on any atom is -0.347 e. The summed E-state index contributed by atoms with van der Waals surface area (Å²) in [6.07, 6.45) is 4.19. The number of benzene rings is 1. The van der Waals surface area contributed by atoms with Crippen LogP contribution in [0.3, 0.4) is 0 Å². The molecule has 0 radical (unpaired) electrons. The van der Waals surface area contributed by atoms with Crippen LogP contribution < -0.4 is 5.32 Å². The highest BCUT2D eigenvalue weighted by Crippen LogP contribution is 2.08. The lowest BCUT2D eigenvalue weighted by Gasteiger charge is -2.17. The van der Waals surface area contributed by atoms with E-state index in [0.717, 1.165) is 23.1 Å². The molecular weight excluding hydrogens is 364 g/mol. The average molecular weight is 388 g/mol. The molecule has 148 valence electrons. The van der Waals surface area contributed by atoms with Gasteiger partial charge in [0.15, 0.2) is 0 Å². The number of hydrogen-bond donors (Lipinski definition) is 1. The average Bonchev–Trinajstić information content (AvgIpc) is 2.77. The first-order valence-corrected chi connectivity index (χ1v) is 9.48. The fraction of sp³-hybridized carbons (Fsp3) is 0.217. The van der Waals surface area contributed by atoms with Gasteiger partial charge in [-0.3, -0.25) is 14.6 Å². The van der Waals surface area contributed by atoms with Gasteiger partial charge in [-0.1, -0.05) is 30.3 Å². The number of nitrogens with one attached hydrogen (secondary N) is 1. The molecule has 2 amide bonds. The zero-order chi connectivity index (χ0) is 20.6. The molecule has 6 heteroatoms. The van der Waals surface area contributed by atoms with Gasteiger partial charge in [0.2, 0.25) is 0 Å². The van der Waals surface area contributed by atoms with Crippen molar-refractivity contribution in [3.63, 3.8) is 0 Å². The Balaban J connectivity index is 1.61. The zero-order valence-corrected chi connectivity index (χ0v) is 16.6. The van der Waals surface area contributed by atoms with E-state index in [0.29, 0.717) is 13.1 Å². The highest BCUT2D eigenvalue weighted by molar-refractivity contribution is 5.96. The van der Waals surface area contributed by atoms with Gasteiger partial charge < -0.3 is 10.2 Å². The Morgan fingerprint density at radius 2 is 1.69 bits per heavy atom. The summed E-state index contributed by atoms with van der Waals surface area (Å²) in [6, 6.07) is 16.6. The molecule has 3 aromatic rings. The van der Waals surface area contributed by atoms with E-state index < -0.39 is 0 Å². The smallest absolute Gasteiger partial charge is 0.272 e. The van der Waals surface area contributed by atoms with Crippen molar-refractivity contribution in [3.8, 4) is 0 Å². The summed E-state index contributed by atoms with van der Waals surface area (Å²) in [4.78, 5) is 35.0. The highest BCUT2D eigenvalue weighted by Gasteiger charge is 2.16. The van der Waals surface area contributed by atoms with Gasteiger partial charge >= 0.3 is 0 Å². The Morgan fingerprint density at radius 1 is 0.966 bits per heavy atom. The van der Waals surface area contributed by atoms with Gasteiger partial charge in [-0.05, 0) is 54.3 Å².